The molecule has 2 aromatic carbocycles. The SMILES string of the molecule is CC1=CC(C)(C)N(C)c2cc(F)c(/C=C3/SC(=O)N(Cc4ccc(C)cc4)C3=O)cc21. The molecule has 2 heterocycles. The number of imide groups is 1. The Hall–Kier alpha value is -2.86. The molecule has 4 rings (SSSR count). The second-order valence-corrected chi connectivity index (χ2v) is 9.68. The lowest BCUT2D eigenvalue weighted by atomic mass is 9.88. The fourth-order valence-electron chi connectivity index (χ4n) is 3.95. The zero-order chi connectivity index (χ0) is 22.5. The Morgan fingerprint density at radius 1 is 1.10 bits per heavy atom. The monoisotopic (exact) mass is 436 g/mol. The molecule has 0 aromatic heterocycles. The van der Waals surface area contributed by atoms with E-state index in [0.29, 0.717) is 5.56 Å². The Kier molecular flexibility index (Phi) is 5.30. The lowest BCUT2D eigenvalue weighted by molar-refractivity contribution is -0.123. The smallest absolute Gasteiger partial charge is 0.293 e. The number of nitrogens with zero attached hydrogens (tertiary/aromatic N) is 2. The first kappa shape index (κ1) is 21.4. The van der Waals surface area contributed by atoms with Crippen molar-refractivity contribution < 1.29 is 14.0 Å². The Balaban J connectivity index is 1.65. The second kappa shape index (κ2) is 7.68. The standard InChI is InChI=1S/C25H25FN2O2S/c1-15-6-8-17(9-7-15)14-28-23(29)22(31-24(28)30)11-18-10-19-16(2)13-25(3,4)27(5)21(19)12-20(18)26/h6-13H,14H2,1-5H3/b22-11+. The molecule has 0 aliphatic carbocycles. The van der Waals surface area contributed by atoms with E-state index in [9.17, 15) is 14.0 Å². The molecule has 0 unspecified atom stereocenters. The van der Waals surface area contributed by atoms with Crippen LogP contribution in [0.2, 0.25) is 0 Å². The van der Waals surface area contributed by atoms with Crippen molar-refractivity contribution in [3.8, 4) is 0 Å². The summed E-state index contributed by atoms with van der Waals surface area (Å²) >= 11 is 0.853. The maximum atomic E-state index is 15.0. The van der Waals surface area contributed by atoms with E-state index in [0.717, 1.165) is 39.7 Å². The molecular formula is C25H25FN2O2S. The summed E-state index contributed by atoms with van der Waals surface area (Å²) in [6.07, 6.45) is 3.63. The maximum Gasteiger partial charge on any atom is 0.293 e. The van der Waals surface area contributed by atoms with Crippen molar-refractivity contribution in [2.45, 2.75) is 39.8 Å². The molecule has 0 radical (unpaired) electrons. The predicted octanol–water partition coefficient (Wildman–Crippen LogP) is 6.00. The number of likely N-dealkylation sites (N-methyl/N-ethyl adjacent to an activating group) is 1. The molecule has 160 valence electrons. The summed E-state index contributed by atoms with van der Waals surface area (Å²) in [7, 11) is 1.94. The number of anilines is 1. The summed E-state index contributed by atoms with van der Waals surface area (Å²) in [5.41, 5.74) is 4.87. The number of aryl methyl sites for hydroxylation is 1. The van der Waals surface area contributed by atoms with Gasteiger partial charge in [-0.05, 0) is 68.8 Å². The van der Waals surface area contributed by atoms with Crippen molar-refractivity contribution in [3.63, 3.8) is 0 Å². The Morgan fingerprint density at radius 3 is 2.45 bits per heavy atom. The summed E-state index contributed by atoms with van der Waals surface area (Å²) < 4.78 is 15.0. The average Bonchev–Trinajstić information content (AvgIpc) is 2.96. The number of halogens is 1. The first-order chi connectivity index (χ1) is 14.6. The van der Waals surface area contributed by atoms with Crippen molar-refractivity contribution in [1.29, 1.82) is 0 Å². The van der Waals surface area contributed by atoms with Crippen molar-refractivity contribution in [2.75, 3.05) is 11.9 Å². The van der Waals surface area contributed by atoms with Crippen LogP contribution in [0, 0.1) is 12.7 Å². The highest BCUT2D eigenvalue weighted by Crippen LogP contribution is 2.40. The van der Waals surface area contributed by atoms with Crippen LogP contribution in [0.5, 0.6) is 0 Å². The molecule has 0 saturated carbocycles. The molecular weight excluding hydrogens is 411 g/mol. The quantitative estimate of drug-likeness (QED) is 0.553. The van der Waals surface area contributed by atoms with Gasteiger partial charge >= 0.3 is 0 Å². The van der Waals surface area contributed by atoms with Crippen LogP contribution >= 0.6 is 11.8 Å². The van der Waals surface area contributed by atoms with Gasteiger partial charge in [-0.25, -0.2) is 4.39 Å². The van der Waals surface area contributed by atoms with Gasteiger partial charge < -0.3 is 4.90 Å². The summed E-state index contributed by atoms with van der Waals surface area (Å²) in [4.78, 5) is 28.8. The van der Waals surface area contributed by atoms with Gasteiger partial charge in [0.2, 0.25) is 0 Å². The zero-order valence-corrected chi connectivity index (χ0v) is 19.1. The molecule has 1 fully saturated rings. The van der Waals surface area contributed by atoms with E-state index in [2.05, 4.69) is 19.9 Å². The fourth-order valence-corrected chi connectivity index (χ4v) is 4.78. The number of allylic oxidation sites excluding steroid dienone is 1. The maximum absolute atomic E-state index is 15.0. The third-order valence-electron chi connectivity index (χ3n) is 5.96. The van der Waals surface area contributed by atoms with Crippen LogP contribution in [0.25, 0.3) is 11.6 Å². The van der Waals surface area contributed by atoms with Crippen LogP contribution in [-0.4, -0.2) is 28.6 Å². The Labute approximate surface area is 186 Å². The molecule has 2 amide bonds. The van der Waals surface area contributed by atoms with Gasteiger partial charge in [0.05, 0.1) is 17.0 Å². The third kappa shape index (κ3) is 3.92. The Morgan fingerprint density at radius 2 is 1.77 bits per heavy atom. The van der Waals surface area contributed by atoms with Gasteiger partial charge in [0.15, 0.2) is 0 Å². The third-order valence-corrected chi connectivity index (χ3v) is 6.86. The number of thioether (sulfide) groups is 1. The molecule has 6 heteroatoms. The second-order valence-electron chi connectivity index (χ2n) is 8.68. The van der Waals surface area contributed by atoms with Crippen molar-refractivity contribution in [1.82, 2.24) is 4.90 Å². The van der Waals surface area contributed by atoms with Gasteiger partial charge in [-0.2, -0.15) is 0 Å². The van der Waals surface area contributed by atoms with E-state index in [1.807, 2.05) is 50.1 Å². The van der Waals surface area contributed by atoms with Crippen LogP contribution in [0.1, 0.15) is 43.0 Å². The van der Waals surface area contributed by atoms with E-state index in [1.165, 1.54) is 17.0 Å². The van der Waals surface area contributed by atoms with E-state index in [1.54, 1.807) is 6.07 Å². The number of hydrogen-bond donors (Lipinski definition) is 0. The minimum atomic E-state index is -0.415. The number of benzene rings is 2. The molecule has 2 aliphatic rings. The van der Waals surface area contributed by atoms with Crippen LogP contribution in [0.15, 0.2) is 47.4 Å². The fraction of sp³-hybridized carbons (Fsp3) is 0.280. The van der Waals surface area contributed by atoms with Crippen molar-refractivity contribution in [2.24, 2.45) is 0 Å². The van der Waals surface area contributed by atoms with E-state index in [4.69, 9.17) is 0 Å². The predicted molar refractivity (Wildman–Crippen MR) is 125 cm³/mol. The van der Waals surface area contributed by atoms with Gasteiger partial charge in [0, 0.05) is 23.9 Å². The lowest BCUT2D eigenvalue weighted by Crippen LogP contribution is -2.42. The summed E-state index contributed by atoms with van der Waals surface area (Å²) in [5.74, 6) is -0.806. The molecule has 1 saturated heterocycles. The minimum Gasteiger partial charge on any atom is -0.365 e. The first-order valence-corrected chi connectivity index (χ1v) is 11.0. The van der Waals surface area contributed by atoms with Crippen molar-refractivity contribution >= 4 is 40.2 Å². The number of hydrogen-bond acceptors (Lipinski definition) is 4. The van der Waals surface area contributed by atoms with Gasteiger partial charge in [-0.1, -0.05) is 35.9 Å². The molecule has 2 aromatic rings. The van der Waals surface area contributed by atoms with E-state index in [-0.39, 0.29) is 22.2 Å². The van der Waals surface area contributed by atoms with Crippen LogP contribution in [-0.2, 0) is 11.3 Å². The molecule has 31 heavy (non-hydrogen) atoms. The Bertz CT molecular complexity index is 1150. The van der Waals surface area contributed by atoms with Crippen LogP contribution in [0.3, 0.4) is 0 Å². The molecule has 0 spiro atoms. The summed E-state index contributed by atoms with van der Waals surface area (Å²) in [5, 5.41) is -0.340. The highest BCUT2D eigenvalue weighted by Gasteiger charge is 2.35. The number of amides is 2. The zero-order valence-electron chi connectivity index (χ0n) is 18.3. The van der Waals surface area contributed by atoms with Crippen molar-refractivity contribution in [3.05, 3.63) is 75.5 Å². The number of carbonyl (C=O) groups is 2. The summed E-state index contributed by atoms with van der Waals surface area (Å²) in [6, 6.07) is 11.0. The van der Waals surface area contributed by atoms with E-state index < -0.39 is 11.7 Å². The van der Waals surface area contributed by atoms with E-state index >= 15 is 0 Å². The lowest BCUT2D eigenvalue weighted by Gasteiger charge is -2.40. The van der Waals surface area contributed by atoms with Crippen LogP contribution in [0.4, 0.5) is 14.9 Å². The number of rotatable bonds is 3. The van der Waals surface area contributed by atoms with Gasteiger partial charge in [-0.3, -0.25) is 14.5 Å². The highest BCUT2D eigenvalue weighted by molar-refractivity contribution is 8.18. The molecule has 2 aliphatic heterocycles. The van der Waals surface area contributed by atoms with Crippen LogP contribution < -0.4 is 4.90 Å². The highest BCUT2D eigenvalue weighted by atomic mass is 32.2. The molecule has 0 atom stereocenters. The normalized spacial score (nSPS) is 19.2. The average molecular weight is 437 g/mol. The first-order valence-electron chi connectivity index (χ1n) is 10.1. The molecule has 0 bridgehead atoms. The molecule has 0 N–H and O–H groups in total. The van der Waals surface area contributed by atoms with Gasteiger partial charge in [-0.15, -0.1) is 0 Å². The van der Waals surface area contributed by atoms with Gasteiger partial charge in [0.25, 0.3) is 11.1 Å². The summed E-state index contributed by atoms with van der Waals surface area (Å²) in [6.45, 7) is 8.35. The van der Waals surface area contributed by atoms with Gasteiger partial charge in [0.1, 0.15) is 5.82 Å². The largest absolute Gasteiger partial charge is 0.365 e. The molecule has 4 nitrogen and oxygen atoms in total. The number of fused-ring (bicyclic) bond motifs is 1. The minimum absolute atomic E-state index is 0.205. The number of carbonyl (C=O) groups excluding carboxylic acids is 2. The topological polar surface area (TPSA) is 40.6 Å².